The number of hydrogen-bond donors (Lipinski definition) is 2. The monoisotopic (exact) mass is 200 g/mol. The van der Waals surface area contributed by atoms with Crippen molar-refractivity contribution in [2.45, 2.75) is 38.6 Å². The molecule has 1 aliphatic heterocycles. The van der Waals surface area contributed by atoms with Crippen molar-refractivity contribution < 1.29 is 5.11 Å². The number of nitrogens with zero attached hydrogens (tertiary/aromatic N) is 1. The molecule has 0 radical (unpaired) electrons. The third kappa shape index (κ3) is 3.56. The van der Waals surface area contributed by atoms with Crippen LogP contribution in [0, 0.1) is 5.92 Å². The standard InChI is InChI=1S/C11H24N2O/c1-10-4-6-13(5-2-3-7-14)11(8-10)9-12/h10-11,14H,2-9,12H2,1H3. The Kier molecular flexibility index (Phi) is 5.45. The van der Waals surface area contributed by atoms with Crippen LogP contribution in [0.25, 0.3) is 0 Å². The molecule has 1 rings (SSSR count). The van der Waals surface area contributed by atoms with Crippen LogP contribution in [0.15, 0.2) is 0 Å². The third-order valence-electron chi connectivity index (χ3n) is 3.23. The molecule has 84 valence electrons. The molecule has 3 N–H and O–H groups in total. The lowest BCUT2D eigenvalue weighted by Gasteiger charge is -2.37. The minimum absolute atomic E-state index is 0.317. The topological polar surface area (TPSA) is 49.5 Å². The average molecular weight is 200 g/mol. The van der Waals surface area contributed by atoms with Gasteiger partial charge in [0, 0.05) is 19.2 Å². The molecule has 1 fully saturated rings. The van der Waals surface area contributed by atoms with E-state index in [1.54, 1.807) is 0 Å². The molecule has 1 saturated heterocycles. The maximum Gasteiger partial charge on any atom is 0.0431 e. The predicted octanol–water partition coefficient (Wildman–Crippen LogP) is 0.818. The number of nitrogens with two attached hydrogens (primary N) is 1. The molecule has 0 amide bonds. The molecule has 0 saturated carbocycles. The highest BCUT2D eigenvalue weighted by Gasteiger charge is 2.24. The molecule has 14 heavy (non-hydrogen) atoms. The van der Waals surface area contributed by atoms with Gasteiger partial charge in [-0.2, -0.15) is 0 Å². The highest BCUT2D eigenvalue weighted by molar-refractivity contribution is 4.80. The fraction of sp³-hybridized carbons (Fsp3) is 1.00. The first kappa shape index (κ1) is 12.0. The van der Waals surface area contributed by atoms with Crippen molar-refractivity contribution in [1.29, 1.82) is 0 Å². The van der Waals surface area contributed by atoms with Gasteiger partial charge in [-0.05, 0) is 44.7 Å². The lowest BCUT2D eigenvalue weighted by atomic mass is 9.92. The summed E-state index contributed by atoms with van der Waals surface area (Å²) < 4.78 is 0. The van der Waals surface area contributed by atoms with E-state index in [1.807, 2.05) is 0 Å². The molecular formula is C11H24N2O. The van der Waals surface area contributed by atoms with Gasteiger partial charge in [0.05, 0.1) is 0 Å². The van der Waals surface area contributed by atoms with E-state index in [-0.39, 0.29) is 0 Å². The Morgan fingerprint density at radius 3 is 2.86 bits per heavy atom. The summed E-state index contributed by atoms with van der Waals surface area (Å²) in [6.45, 7) is 5.71. The molecule has 0 spiro atoms. The van der Waals surface area contributed by atoms with Gasteiger partial charge in [-0.25, -0.2) is 0 Å². The van der Waals surface area contributed by atoms with E-state index in [0.717, 1.165) is 31.8 Å². The molecule has 2 unspecified atom stereocenters. The van der Waals surface area contributed by atoms with Gasteiger partial charge in [-0.1, -0.05) is 6.92 Å². The number of piperidine rings is 1. The maximum absolute atomic E-state index is 8.72. The summed E-state index contributed by atoms with van der Waals surface area (Å²) in [6.07, 6.45) is 4.57. The number of unbranched alkanes of at least 4 members (excludes halogenated alkanes) is 1. The van der Waals surface area contributed by atoms with Crippen molar-refractivity contribution in [2.24, 2.45) is 11.7 Å². The minimum atomic E-state index is 0.317. The van der Waals surface area contributed by atoms with Crippen LogP contribution in [0.1, 0.15) is 32.6 Å². The molecule has 3 heteroatoms. The van der Waals surface area contributed by atoms with Crippen LogP contribution >= 0.6 is 0 Å². The molecule has 3 nitrogen and oxygen atoms in total. The molecule has 1 aliphatic rings. The molecule has 0 bridgehead atoms. The van der Waals surface area contributed by atoms with E-state index >= 15 is 0 Å². The van der Waals surface area contributed by atoms with Crippen molar-refractivity contribution in [1.82, 2.24) is 4.90 Å². The summed E-state index contributed by atoms with van der Waals surface area (Å²) in [4.78, 5) is 2.50. The predicted molar refractivity (Wildman–Crippen MR) is 59.1 cm³/mol. The zero-order valence-corrected chi connectivity index (χ0v) is 9.28. The number of hydrogen-bond acceptors (Lipinski definition) is 3. The summed E-state index contributed by atoms with van der Waals surface area (Å²) in [6, 6.07) is 0.581. The van der Waals surface area contributed by atoms with E-state index in [2.05, 4.69) is 11.8 Å². The van der Waals surface area contributed by atoms with Crippen LogP contribution in [0.3, 0.4) is 0 Å². The summed E-state index contributed by atoms with van der Waals surface area (Å²) in [5.41, 5.74) is 5.77. The van der Waals surface area contributed by atoms with Crippen LogP contribution in [0.2, 0.25) is 0 Å². The molecule has 0 aromatic heterocycles. The van der Waals surface area contributed by atoms with Crippen LogP contribution < -0.4 is 5.73 Å². The zero-order chi connectivity index (χ0) is 10.4. The van der Waals surface area contributed by atoms with Gasteiger partial charge in [-0.15, -0.1) is 0 Å². The van der Waals surface area contributed by atoms with Crippen LogP contribution in [-0.4, -0.2) is 42.3 Å². The van der Waals surface area contributed by atoms with Crippen molar-refractivity contribution in [3.05, 3.63) is 0 Å². The molecule has 1 heterocycles. The van der Waals surface area contributed by atoms with E-state index in [4.69, 9.17) is 10.8 Å². The number of aliphatic hydroxyl groups excluding tert-OH is 1. The van der Waals surface area contributed by atoms with Crippen molar-refractivity contribution in [3.63, 3.8) is 0 Å². The number of likely N-dealkylation sites (tertiary alicyclic amines) is 1. The van der Waals surface area contributed by atoms with Gasteiger partial charge >= 0.3 is 0 Å². The van der Waals surface area contributed by atoms with E-state index in [9.17, 15) is 0 Å². The number of rotatable bonds is 5. The summed E-state index contributed by atoms with van der Waals surface area (Å²) in [5.74, 6) is 0.831. The van der Waals surface area contributed by atoms with Gasteiger partial charge in [0.25, 0.3) is 0 Å². The first-order chi connectivity index (χ1) is 6.77. The Bertz CT molecular complexity index is 152. The molecule has 0 aromatic carbocycles. The summed E-state index contributed by atoms with van der Waals surface area (Å²) >= 11 is 0. The van der Waals surface area contributed by atoms with Crippen molar-refractivity contribution >= 4 is 0 Å². The maximum atomic E-state index is 8.72. The molecule has 0 aliphatic carbocycles. The first-order valence-corrected chi connectivity index (χ1v) is 5.83. The minimum Gasteiger partial charge on any atom is -0.396 e. The zero-order valence-electron chi connectivity index (χ0n) is 9.28. The summed E-state index contributed by atoms with van der Waals surface area (Å²) in [5, 5.41) is 8.72. The van der Waals surface area contributed by atoms with Gasteiger partial charge < -0.3 is 10.8 Å². The van der Waals surface area contributed by atoms with Gasteiger partial charge in [0.2, 0.25) is 0 Å². The quantitative estimate of drug-likeness (QED) is 0.646. The van der Waals surface area contributed by atoms with Crippen LogP contribution in [0.5, 0.6) is 0 Å². The van der Waals surface area contributed by atoms with E-state index in [0.29, 0.717) is 12.6 Å². The Labute approximate surface area is 87.3 Å². The number of aliphatic hydroxyl groups is 1. The largest absolute Gasteiger partial charge is 0.396 e. The second-order valence-corrected chi connectivity index (χ2v) is 4.49. The highest BCUT2D eigenvalue weighted by atomic mass is 16.2. The lowest BCUT2D eigenvalue weighted by Crippen LogP contribution is -2.46. The van der Waals surface area contributed by atoms with Crippen molar-refractivity contribution in [2.75, 3.05) is 26.2 Å². The van der Waals surface area contributed by atoms with E-state index in [1.165, 1.54) is 19.4 Å². The van der Waals surface area contributed by atoms with Gasteiger partial charge in [0.1, 0.15) is 0 Å². The highest BCUT2D eigenvalue weighted by Crippen LogP contribution is 2.21. The van der Waals surface area contributed by atoms with Crippen molar-refractivity contribution in [3.8, 4) is 0 Å². The second-order valence-electron chi connectivity index (χ2n) is 4.49. The first-order valence-electron chi connectivity index (χ1n) is 5.83. The summed E-state index contributed by atoms with van der Waals surface area (Å²) in [7, 11) is 0. The lowest BCUT2D eigenvalue weighted by molar-refractivity contribution is 0.118. The normalized spacial score (nSPS) is 29.4. The Morgan fingerprint density at radius 1 is 1.43 bits per heavy atom. The van der Waals surface area contributed by atoms with Crippen LogP contribution in [-0.2, 0) is 0 Å². The molecular weight excluding hydrogens is 176 g/mol. The fourth-order valence-corrected chi connectivity index (χ4v) is 2.27. The fourth-order valence-electron chi connectivity index (χ4n) is 2.27. The Morgan fingerprint density at radius 2 is 2.21 bits per heavy atom. The molecule has 0 aromatic rings. The second kappa shape index (κ2) is 6.38. The average Bonchev–Trinajstić information content (AvgIpc) is 2.20. The third-order valence-corrected chi connectivity index (χ3v) is 3.23. The smallest absolute Gasteiger partial charge is 0.0431 e. The Hall–Kier alpha value is -0.120. The molecule has 2 atom stereocenters. The van der Waals surface area contributed by atoms with Crippen LogP contribution in [0.4, 0.5) is 0 Å². The SMILES string of the molecule is CC1CCN(CCCCO)C(CN)C1. The van der Waals surface area contributed by atoms with E-state index < -0.39 is 0 Å². The Balaban J connectivity index is 2.27. The van der Waals surface area contributed by atoms with Gasteiger partial charge in [0.15, 0.2) is 0 Å². The van der Waals surface area contributed by atoms with Gasteiger partial charge in [-0.3, -0.25) is 4.90 Å².